The third-order valence-electron chi connectivity index (χ3n) is 2.92. The van der Waals surface area contributed by atoms with E-state index < -0.39 is 0 Å². The number of hydrogen-bond acceptors (Lipinski definition) is 4. The number of ether oxygens (including phenoxy) is 1. The molecular weight excluding hydrogens is 268 g/mol. The van der Waals surface area contributed by atoms with Crippen molar-refractivity contribution >= 4 is 11.6 Å². The van der Waals surface area contributed by atoms with Gasteiger partial charge < -0.3 is 15.2 Å². The molecule has 0 saturated carbocycles. The summed E-state index contributed by atoms with van der Waals surface area (Å²) in [5.41, 5.74) is 3.06. The van der Waals surface area contributed by atoms with Crippen LogP contribution in [0.25, 0.3) is 0 Å². The van der Waals surface area contributed by atoms with Gasteiger partial charge in [-0.1, -0.05) is 17.7 Å². The number of rotatable bonds is 5. The molecule has 0 aliphatic rings. The molecule has 1 amide bonds. The van der Waals surface area contributed by atoms with Crippen molar-refractivity contribution in [2.45, 2.75) is 20.5 Å². The molecule has 0 unspecified atom stereocenters. The Bertz CT molecular complexity index is 624. The van der Waals surface area contributed by atoms with Gasteiger partial charge in [0.1, 0.15) is 11.4 Å². The van der Waals surface area contributed by atoms with Crippen molar-refractivity contribution in [2.24, 2.45) is 0 Å². The van der Waals surface area contributed by atoms with E-state index in [1.165, 1.54) is 0 Å². The lowest BCUT2D eigenvalue weighted by Crippen LogP contribution is -2.20. The fourth-order valence-electron chi connectivity index (χ4n) is 1.82. The zero-order valence-electron chi connectivity index (χ0n) is 12.1. The third-order valence-corrected chi connectivity index (χ3v) is 2.92. The highest BCUT2D eigenvalue weighted by Crippen LogP contribution is 2.17. The van der Waals surface area contributed by atoms with Gasteiger partial charge in [0, 0.05) is 11.4 Å². The number of nitrogens with zero attached hydrogens (tertiary/aromatic N) is 1. The first kappa shape index (κ1) is 15.0. The maximum absolute atomic E-state index is 11.8. The molecule has 0 aliphatic carbocycles. The van der Waals surface area contributed by atoms with Crippen molar-refractivity contribution in [1.82, 2.24) is 4.98 Å². The summed E-state index contributed by atoms with van der Waals surface area (Å²) < 4.78 is 5.41. The van der Waals surface area contributed by atoms with Crippen LogP contribution in [0.3, 0.4) is 0 Å². The molecular formula is C16H18N2O3. The number of amides is 1. The molecule has 1 aromatic carbocycles. The first-order valence-electron chi connectivity index (χ1n) is 6.65. The largest absolute Gasteiger partial charge is 0.482 e. The normalized spacial score (nSPS) is 10.2. The van der Waals surface area contributed by atoms with E-state index in [2.05, 4.69) is 10.3 Å². The van der Waals surface area contributed by atoms with E-state index in [1.807, 2.05) is 38.1 Å². The Balaban J connectivity index is 1.93. The maximum atomic E-state index is 11.8. The number of carbonyl (C=O) groups is 1. The van der Waals surface area contributed by atoms with Crippen molar-refractivity contribution < 1.29 is 14.6 Å². The number of nitrogens with one attached hydrogen (secondary N) is 1. The molecule has 5 heteroatoms. The molecule has 1 aromatic heterocycles. The van der Waals surface area contributed by atoms with Crippen LogP contribution < -0.4 is 10.1 Å². The molecule has 110 valence electrons. The molecule has 0 aliphatic heterocycles. The Labute approximate surface area is 123 Å². The predicted molar refractivity (Wildman–Crippen MR) is 80.2 cm³/mol. The van der Waals surface area contributed by atoms with Gasteiger partial charge in [-0.2, -0.15) is 0 Å². The first-order valence-corrected chi connectivity index (χ1v) is 6.65. The zero-order valence-corrected chi connectivity index (χ0v) is 12.1. The highest BCUT2D eigenvalue weighted by Gasteiger charge is 2.08. The predicted octanol–water partition coefficient (Wildman–Crippen LogP) is 2.21. The smallest absolute Gasteiger partial charge is 0.262 e. The number of anilines is 1. The Morgan fingerprint density at radius 1 is 1.19 bits per heavy atom. The van der Waals surface area contributed by atoms with Crippen molar-refractivity contribution in [3.05, 3.63) is 53.3 Å². The number of aromatic nitrogens is 1. The van der Waals surface area contributed by atoms with E-state index in [4.69, 9.17) is 4.74 Å². The average Bonchev–Trinajstić information content (AvgIpc) is 2.48. The summed E-state index contributed by atoms with van der Waals surface area (Å²) >= 11 is 0. The summed E-state index contributed by atoms with van der Waals surface area (Å²) in [6.07, 6.45) is 0. The lowest BCUT2D eigenvalue weighted by molar-refractivity contribution is -0.118. The second-order valence-corrected chi connectivity index (χ2v) is 4.76. The van der Waals surface area contributed by atoms with Crippen molar-refractivity contribution in [3.63, 3.8) is 0 Å². The minimum Gasteiger partial charge on any atom is -0.482 e. The van der Waals surface area contributed by atoms with Gasteiger partial charge in [0.15, 0.2) is 6.61 Å². The minimum atomic E-state index is -0.261. The third kappa shape index (κ3) is 4.29. The summed E-state index contributed by atoms with van der Waals surface area (Å²) in [4.78, 5) is 16.0. The van der Waals surface area contributed by atoms with Crippen LogP contribution in [0.4, 0.5) is 5.69 Å². The number of hydrogen-bond donors (Lipinski definition) is 2. The molecule has 2 N–H and O–H groups in total. The summed E-state index contributed by atoms with van der Waals surface area (Å²) in [6.45, 7) is 3.45. The molecule has 2 aromatic rings. The van der Waals surface area contributed by atoms with E-state index in [0.717, 1.165) is 16.9 Å². The SMILES string of the molecule is Cc1ccc(NC(=O)COc2ccc(C)nc2CO)cc1. The van der Waals surface area contributed by atoms with Gasteiger partial charge in [0.05, 0.1) is 6.61 Å². The molecule has 5 nitrogen and oxygen atoms in total. The second kappa shape index (κ2) is 6.85. The van der Waals surface area contributed by atoms with Crippen LogP contribution in [0.2, 0.25) is 0 Å². The highest BCUT2D eigenvalue weighted by molar-refractivity contribution is 5.91. The summed E-state index contributed by atoms with van der Waals surface area (Å²) in [5, 5.41) is 12.0. The summed E-state index contributed by atoms with van der Waals surface area (Å²) in [5.74, 6) is 0.158. The van der Waals surface area contributed by atoms with Crippen LogP contribution in [0, 0.1) is 13.8 Å². The van der Waals surface area contributed by atoms with Gasteiger partial charge in [0.25, 0.3) is 5.91 Å². The van der Waals surface area contributed by atoms with Gasteiger partial charge in [-0.25, -0.2) is 0 Å². The van der Waals surface area contributed by atoms with E-state index in [9.17, 15) is 9.90 Å². The van der Waals surface area contributed by atoms with E-state index in [1.54, 1.807) is 12.1 Å². The molecule has 1 heterocycles. The summed E-state index contributed by atoms with van der Waals surface area (Å²) in [7, 11) is 0. The number of aliphatic hydroxyl groups is 1. The molecule has 21 heavy (non-hydrogen) atoms. The van der Waals surface area contributed by atoms with Gasteiger partial charge in [-0.05, 0) is 38.1 Å². The fourth-order valence-corrected chi connectivity index (χ4v) is 1.82. The van der Waals surface area contributed by atoms with Crippen molar-refractivity contribution in [2.75, 3.05) is 11.9 Å². The molecule has 0 bridgehead atoms. The van der Waals surface area contributed by atoms with Crippen LogP contribution in [-0.4, -0.2) is 22.6 Å². The summed E-state index contributed by atoms with van der Waals surface area (Å²) in [6, 6.07) is 11.0. The quantitative estimate of drug-likeness (QED) is 0.884. The first-order chi connectivity index (χ1) is 10.1. The van der Waals surface area contributed by atoms with E-state index in [0.29, 0.717) is 11.4 Å². The topological polar surface area (TPSA) is 71.5 Å². The lowest BCUT2D eigenvalue weighted by atomic mass is 10.2. The van der Waals surface area contributed by atoms with Crippen molar-refractivity contribution in [1.29, 1.82) is 0 Å². The highest BCUT2D eigenvalue weighted by atomic mass is 16.5. The van der Waals surface area contributed by atoms with Gasteiger partial charge in [-0.15, -0.1) is 0 Å². The molecule has 0 radical (unpaired) electrons. The van der Waals surface area contributed by atoms with Crippen LogP contribution in [0.1, 0.15) is 17.0 Å². The van der Waals surface area contributed by atoms with Crippen LogP contribution in [0.15, 0.2) is 36.4 Å². The van der Waals surface area contributed by atoms with Crippen LogP contribution in [-0.2, 0) is 11.4 Å². The number of pyridine rings is 1. The second-order valence-electron chi connectivity index (χ2n) is 4.76. The zero-order chi connectivity index (χ0) is 15.2. The Morgan fingerprint density at radius 3 is 2.57 bits per heavy atom. The van der Waals surface area contributed by atoms with E-state index >= 15 is 0 Å². The Kier molecular flexibility index (Phi) is 4.90. The fraction of sp³-hybridized carbons (Fsp3) is 0.250. The molecule has 2 rings (SSSR count). The number of aryl methyl sites for hydroxylation is 2. The number of aliphatic hydroxyl groups excluding tert-OH is 1. The van der Waals surface area contributed by atoms with Gasteiger partial charge in [-0.3, -0.25) is 9.78 Å². The molecule has 0 saturated heterocycles. The lowest BCUT2D eigenvalue weighted by Gasteiger charge is -2.10. The minimum absolute atomic E-state index is 0.133. The monoisotopic (exact) mass is 286 g/mol. The molecule has 0 spiro atoms. The van der Waals surface area contributed by atoms with Gasteiger partial charge >= 0.3 is 0 Å². The Morgan fingerprint density at radius 2 is 1.90 bits per heavy atom. The molecule has 0 fully saturated rings. The van der Waals surface area contributed by atoms with Crippen LogP contribution in [0.5, 0.6) is 5.75 Å². The maximum Gasteiger partial charge on any atom is 0.262 e. The van der Waals surface area contributed by atoms with Crippen molar-refractivity contribution in [3.8, 4) is 5.75 Å². The Hall–Kier alpha value is -2.40. The average molecular weight is 286 g/mol. The number of benzene rings is 1. The molecule has 0 atom stereocenters. The van der Waals surface area contributed by atoms with E-state index in [-0.39, 0.29) is 19.1 Å². The number of carbonyl (C=O) groups excluding carboxylic acids is 1. The van der Waals surface area contributed by atoms with Gasteiger partial charge in [0.2, 0.25) is 0 Å². The standard InChI is InChI=1S/C16H18N2O3/c1-11-3-6-13(7-4-11)18-16(20)10-21-15-8-5-12(2)17-14(15)9-19/h3-8,19H,9-10H2,1-2H3,(H,18,20). The van der Waals surface area contributed by atoms with Crippen LogP contribution >= 0.6 is 0 Å².